The highest BCUT2D eigenvalue weighted by Gasteiger charge is 2.55. The fourth-order valence-electron chi connectivity index (χ4n) is 7.03. The Morgan fingerprint density at radius 3 is 1.90 bits per heavy atom. The summed E-state index contributed by atoms with van der Waals surface area (Å²) >= 11 is 0. The summed E-state index contributed by atoms with van der Waals surface area (Å²) < 4.78 is 33.3. The highest BCUT2D eigenvalue weighted by Crippen LogP contribution is 2.42. The molecule has 1 N–H and O–H groups in total. The molecular weight excluding hydrogens is 633 g/mol. The maximum atomic E-state index is 10.8. The molecule has 1 heterocycles. The van der Waals surface area contributed by atoms with Gasteiger partial charge in [0.15, 0.2) is 8.32 Å². The van der Waals surface area contributed by atoms with E-state index in [1.807, 2.05) is 24.3 Å². The van der Waals surface area contributed by atoms with Crippen molar-refractivity contribution in [2.45, 2.75) is 108 Å². The van der Waals surface area contributed by atoms with Gasteiger partial charge in [0.2, 0.25) is 0 Å². The molecule has 48 heavy (non-hydrogen) atoms. The first-order chi connectivity index (χ1) is 23.0. The van der Waals surface area contributed by atoms with Crippen molar-refractivity contribution in [3.05, 3.63) is 90.5 Å². The average molecular weight is 689 g/mol. The first-order valence-corrected chi connectivity index (χ1v) is 21.9. The van der Waals surface area contributed by atoms with Crippen LogP contribution in [0, 0.1) is 12.3 Å². The molecule has 4 atom stereocenters. The molecule has 0 spiro atoms. The Labute approximate surface area is 291 Å². The molecule has 0 saturated carbocycles. The molecule has 3 aromatic carbocycles. The summed E-state index contributed by atoms with van der Waals surface area (Å²) in [6.07, 6.45) is 5.08. The van der Waals surface area contributed by atoms with Gasteiger partial charge in [0.25, 0.3) is 8.32 Å². The second-order valence-electron chi connectivity index (χ2n) is 14.1. The molecule has 0 radical (unpaired) electrons. The Kier molecular flexibility index (Phi) is 13.3. The summed E-state index contributed by atoms with van der Waals surface area (Å²) in [4.78, 5) is 0. The first-order valence-electron chi connectivity index (χ1n) is 17.4. The predicted molar refractivity (Wildman–Crippen MR) is 200 cm³/mol. The summed E-state index contributed by atoms with van der Waals surface area (Å²) in [5.74, 6) is 3.40. The van der Waals surface area contributed by atoms with Gasteiger partial charge >= 0.3 is 0 Å². The Balaban J connectivity index is 1.79. The van der Waals surface area contributed by atoms with Gasteiger partial charge in [0.1, 0.15) is 17.5 Å². The van der Waals surface area contributed by atoms with E-state index in [2.05, 4.69) is 108 Å². The maximum Gasteiger partial charge on any atom is 0.261 e. The van der Waals surface area contributed by atoms with Crippen LogP contribution in [-0.2, 0) is 24.9 Å². The molecule has 8 heteroatoms. The van der Waals surface area contributed by atoms with E-state index in [0.717, 1.165) is 29.4 Å². The molecule has 0 aromatic heterocycles. The summed E-state index contributed by atoms with van der Waals surface area (Å²) in [7, 11) is -3.45. The number of benzene rings is 3. The van der Waals surface area contributed by atoms with E-state index < -0.39 is 28.3 Å². The number of terminal acetylenes is 1. The number of hydrogen-bond acceptors (Lipinski definition) is 6. The Hall–Kier alpha value is -2.75. The Bertz CT molecular complexity index is 1380. The monoisotopic (exact) mass is 688 g/mol. The van der Waals surface area contributed by atoms with Crippen molar-refractivity contribution in [2.24, 2.45) is 0 Å². The van der Waals surface area contributed by atoms with Crippen molar-refractivity contribution in [1.82, 2.24) is 0 Å². The number of aliphatic hydroxyl groups is 1. The molecule has 260 valence electrons. The molecular formula is C40H56O6Si2. The normalized spacial score (nSPS) is 18.5. The van der Waals surface area contributed by atoms with Crippen molar-refractivity contribution in [1.29, 1.82) is 0 Å². The van der Waals surface area contributed by atoms with Crippen LogP contribution in [0.1, 0.15) is 59.9 Å². The first kappa shape index (κ1) is 38.1. The van der Waals surface area contributed by atoms with Crippen molar-refractivity contribution in [3.8, 4) is 18.1 Å². The van der Waals surface area contributed by atoms with Crippen LogP contribution in [0.25, 0.3) is 0 Å². The zero-order chi connectivity index (χ0) is 34.8. The number of rotatable bonds is 19. The Morgan fingerprint density at radius 1 is 0.854 bits per heavy atom. The molecule has 4 rings (SSSR count). The van der Waals surface area contributed by atoms with E-state index in [-0.39, 0.29) is 23.7 Å². The molecule has 6 nitrogen and oxygen atoms in total. The number of aliphatic hydroxyl groups excluding tert-OH is 1. The van der Waals surface area contributed by atoms with Gasteiger partial charge in [0.05, 0.1) is 39.1 Å². The topological polar surface area (TPSA) is 69.7 Å². The van der Waals surface area contributed by atoms with Crippen LogP contribution in [0.3, 0.4) is 0 Å². The molecule has 1 aliphatic heterocycles. The zero-order valence-electron chi connectivity index (χ0n) is 30.0. The van der Waals surface area contributed by atoms with Gasteiger partial charge in [-0.25, -0.2) is 0 Å². The van der Waals surface area contributed by atoms with Gasteiger partial charge in [-0.3, -0.25) is 0 Å². The maximum absolute atomic E-state index is 10.8. The van der Waals surface area contributed by atoms with Crippen molar-refractivity contribution >= 4 is 27.0 Å². The Morgan fingerprint density at radius 2 is 1.42 bits per heavy atom. The van der Waals surface area contributed by atoms with E-state index >= 15 is 0 Å². The van der Waals surface area contributed by atoms with Gasteiger partial charge in [-0.05, 0) is 51.2 Å². The number of epoxide rings is 1. The third-order valence-electron chi connectivity index (χ3n) is 10.0. The standard InChI is InChI=1S/C40H56O6Si2/c1-9-19-36(41)38-37(45-38)28-40(46-47(10-2,11-3)12-4,30-43-29-32-24-26-33(42-8)27-25-32)31-44-48(39(5,6)7,34-20-15-13-16-21-34)35-22-17-14-18-23-35/h1,13-18,20-27,36-38,41H,10-12,19,28-31H2,2-8H3/t36-,37-,38-,40+/m0/s1. The lowest BCUT2D eigenvalue weighted by Crippen LogP contribution is -2.68. The molecule has 0 unspecified atom stereocenters. The van der Waals surface area contributed by atoms with Crippen molar-refractivity contribution in [2.75, 3.05) is 20.3 Å². The lowest BCUT2D eigenvalue weighted by Gasteiger charge is -2.48. The molecule has 1 saturated heterocycles. The van der Waals surface area contributed by atoms with Gasteiger partial charge in [-0.15, -0.1) is 12.3 Å². The van der Waals surface area contributed by atoms with Crippen LogP contribution in [0.5, 0.6) is 5.75 Å². The van der Waals surface area contributed by atoms with Gasteiger partial charge in [0, 0.05) is 12.8 Å². The fraction of sp³-hybridized carbons (Fsp3) is 0.500. The molecule has 1 aliphatic rings. The lowest BCUT2D eigenvalue weighted by molar-refractivity contribution is -0.0753. The van der Waals surface area contributed by atoms with Gasteiger partial charge in [-0.1, -0.05) is 114 Å². The van der Waals surface area contributed by atoms with E-state index in [1.54, 1.807) is 7.11 Å². The third-order valence-corrected chi connectivity index (χ3v) is 19.7. The third kappa shape index (κ3) is 8.88. The van der Waals surface area contributed by atoms with E-state index in [1.165, 1.54) is 10.4 Å². The van der Waals surface area contributed by atoms with Crippen LogP contribution in [-0.4, -0.2) is 66.0 Å². The lowest BCUT2D eigenvalue weighted by atomic mass is 9.96. The zero-order valence-corrected chi connectivity index (χ0v) is 32.0. The molecule has 0 aliphatic carbocycles. The summed E-state index contributed by atoms with van der Waals surface area (Å²) in [6.45, 7) is 14.7. The molecule has 0 amide bonds. The summed E-state index contributed by atoms with van der Waals surface area (Å²) in [5.41, 5.74) is 0.232. The van der Waals surface area contributed by atoms with Crippen molar-refractivity contribution in [3.63, 3.8) is 0 Å². The SMILES string of the molecule is C#CC[C@H](O)[C@@H]1O[C@H]1C[C@@](COCc1ccc(OC)cc1)(CO[Si](c1ccccc1)(c1ccccc1)C(C)(C)C)O[Si](CC)(CC)CC. The second-order valence-corrected chi connectivity index (χ2v) is 23.1. The van der Waals surface area contributed by atoms with Crippen LogP contribution in [0.2, 0.25) is 23.2 Å². The number of methoxy groups -OCH3 is 1. The minimum absolute atomic E-state index is 0.207. The molecule has 3 aromatic rings. The van der Waals surface area contributed by atoms with Crippen LogP contribution >= 0.6 is 0 Å². The minimum Gasteiger partial charge on any atom is -0.497 e. The quantitative estimate of drug-likeness (QED) is 0.0825. The van der Waals surface area contributed by atoms with Crippen LogP contribution < -0.4 is 15.1 Å². The molecule has 0 bridgehead atoms. The second kappa shape index (κ2) is 16.8. The summed E-state index contributed by atoms with van der Waals surface area (Å²) in [5, 5.41) is 13.0. The molecule has 1 fully saturated rings. The summed E-state index contributed by atoms with van der Waals surface area (Å²) in [6, 6.07) is 32.3. The van der Waals surface area contributed by atoms with Crippen LogP contribution in [0.4, 0.5) is 0 Å². The van der Waals surface area contributed by atoms with Crippen LogP contribution in [0.15, 0.2) is 84.9 Å². The minimum atomic E-state index is -2.91. The average Bonchev–Trinajstić information content (AvgIpc) is 3.87. The van der Waals surface area contributed by atoms with Gasteiger partial charge in [-0.2, -0.15) is 0 Å². The van der Waals surface area contributed by atoms with E-state index in [4.69, 9.17) is 29.5 Å². The van der Waals surface area contributed by atoms with E-state index in [9.17, 15) is 5.11 Å². The van der Waals surface area contributed by atoms with Crippen molar-refractivity contribution < 1.29 is 28.2 Å². The van der Waals surface area contributed by atoms with Gasteiger partial charge < -0.3 is 28.2 Å². The highest BCUT2D eigenvalue weighted by molar-refractivity contribution is 6.99. The smallest absolute Gasteiger partial charge is 0.261 e. The fourth-order valence-corrected chi connectivity index (χ4v) is 14.7. The predicted octanol–water partition coefficient (Wildman–Crippen LogP) is 7.09. The number of ether oxygens (including phenoxy) is 3. The number of hydrogen-bond donors (Lipinski definition) is 1. The highest BCUT2D eigenvalue weighted by atomic mass is 28.4. The van der Waals surface area contributed by atoms with E-state index in [0.29, 0.717) is 26.2 Å². The largest absolute Gasteiger partial charge is 0.497 e.